The molecule has 24 heavy (non-hydrogen) atoms. The van der Waals surface area contributed by atoms with Gasteiger partial charge in [0.2, 0.25) is 5.91 Å². The maximum atomic E-state index is 12.7. The van der Waals surface area contributed by atoms with E-state index in [0.29, 0.717) is 22.9 Å². The molecule has 0 spiro atoms. The molecular weight excluding hydrogens is 344 g/mol. The van der Waals surface area contributed by atoms with Gasteiger partial charge >= 0.3 is 0 Å². The second-order valence-electron chi connectivity index (χ2n) is 5.92. The molecule has 1 aromatic carbocycles. The van der Waals surface area contributed by atoms with E-state index in [1.807, 2.05) is 36.6 Å². The Morgan fingerprint density at radius 2 is 2.17 bits per heavy atom. The zero-order valence-electron chi connectivity index (χ0n) is 13.4. The highest BCUT2D eigenvalue weighted by atomic mass is 35.5. The fraction of sp³-hybridized carbons (Fsp3) is 0.333. The van der Waals surface area contributed by atoms with Crippen LogP contribution in [0.2, 0.25) is 5.02 Å². The number of hydrogen-bond acceptors (Lipinski definition) is 3. The summed E-state index contributed by atoms with van der Waals surface area (Å²) < 4.78 is 0. The molecule has 3 rings (SSSR count). The van der Waals surface area contributed by atoms with Crippen molar-refractivity contribution >= 4 is 34.8 Å². The standard InChI is InChI=1S/C18H19ClN2O2S/c1-12(13-5-2-6-14(19)11-13)20-17(22)15-7-3-9-21(15)18(23)16-8-4-10-24-16/h2,4-6,8,10-12,15H,3,7,9H2,1H3,(H,20,22). The van der Waals surface area contributed by atoms with Gasteiger partial charge in [0.25, 0.3) is 5.91 Å². The van der Waals surface area contributed by atoms with Gasteiger partial charge in [0.15, 0.2) is 0 Å². The van der Waals surface area contributed by atoms with E-state index >= 15 is 0 Å². The first-order valence-electron chi connectivity index (χ1n) is 7.96. The third-order valence-corrected chi connectivity index (χ3v) is 5.35. The van der Waals surface area contributed by atoms with E-state index < -0.39 is 6.04 Å². The fourth-order valence-corrected chi connectivity index (χ4v) is 3.87. The van der Waals surface area contributed by atoms with Gasteiger partial charge in [0.1, 0.15) is 6.04 Å². The van der Waals surface area contributed by atoms with Gasteiger partial charge in [0, 0.05) is 11.6 Å². The quantitative estimate of drug-likeness (QED) is 0.897. The largest absolute Gasteiger partial charge is 0.348 e. The van der Waals surface area contributed by atoms with Crippen LogP contribution in [0.1, 0.15) is 41.0 Å². The van der Waals surface area contributed by atoms with Gasteiger partial charge in [-0.2, -0.15) is 0 Å². The van der Waals surface area contributed by atoms with E-state index in [9.17, 15) is 9.59 Å². The average molecular weight is 363 g/mol. The second-order valence-corrected chi connectivity index (χ2v) is 7.30. The zero-order valence-corrected chi connectivity index (χ0v) is 14.9. The molecule has 2 atom stereocenters. The number of thiophene rings is 1. The number of nitrogens with one attached hydrogen (secondary N) is 1. The summed E-state index contributed by atoms with van der Waals surface area (Å²) in [6.07, 6.45) is 1.55. The Hall–Kier alpha value is -1.85. The van der Waals surface area contributed by atoms with Gasteiger partial charge in [0.05, 0.1) is 10.9 Å². The van der Waals surface area contributed by atoms with Crippen LogP contribution in [-0.2, 0) is 4.79 Å². The molecule has 6 heteroatoms. The van der Waals surface area contributed by atoms with Gasteiger partial charge in [-0.25, -0.2) is 0 Å². The summed E-state index contributed by atoms with van der Waals surface area (Å²) in [5.41, 5.74) is 0.949. The van der Waals surface area contributed by atoms with E-state index in [0.717, 1.165) is 12.0 Å². The van der Waals surface area contributed by atoms with Gasteiger partial charge in [-0.15, -0.1) is 11.3 Å². The molecule has 0 radical (unpaired) electrons. The van der Waals surface area contributed by atoms with E-state index in [-0.39, 0.29) is 17.9 Å². The molecule has 126 valence electrons. The number of benzene rings is 1. The van der Waals surface area contributed by atoms with Crippen LogP contribution in [0.3, 0.4) is 0 Å². The van der Waals surface area contributed by atoms with Crippen LogP contribution in [0, 0.1) is 0 Å². The Kier molecular flexibility index (Phi) is 5.21. The van der Waals surface area contributed by atoms with Crippen molar-refractivity contribution in [1.82, 2.24) is 10.2 Å². The lowest BCUT2D eigenvalue weighted by Crippen LogP contribution is -2.46. The summed E-state index contributed by atoms with van der Waals surface area (Å²) in [5.74, 6) is -0.164. The minimum absolute atomic E-state index is 0.0574. The molecule has 1 fully saturated rings. The van der Waals surface area contributed by atoms with Crippen molar-refractivity contribution in [2.75, 3.05) is 6.54 Å². The van der Waals surface area contributed by atoms with Crippen molar-refractivity contribution in [3.63, 3.8) is 0 Å². The monoisotopic (exact) mass is 362 g/mol. The Morgan fingerprint density at radius 1 is 1.33 bits per heavy atom. The molecule has 0 aliphatic carbocycles. The van der Waals surface area contributed by atoms with Crippen molar-refractivity contribution in [2.45, 2.75) is 31.8 Å². The Labute approximate surface area is 150 Å². The molecule has 2 amide bonds. The van der Waals surface area contributed by atoms with Gasteiger partial charge in [-0.3, -0.25) is 9.59 Å². The van der Waals surface area contributed by atoms with E-state index in [4.69, 9.17) is 11.6 Å². The minimum atomic E-state index is -0.402. The fourth-order valence-electron chi connectivity index (χ4n) is 2.99. The molecule has 1 aromatic heterocycles. The number of hydrogen-bond donors (Lipinski definition) is 1. The minimum Gasteiger partial charge on any atom is -0.348 e. The topological polar surface area (TPSA) is 49.4 Å². The summed E-state index contributed by atoms with van der Waals surface area (Å²) in [6.45, 7) is 2.55. The molecule has 1 aliphatic heterocycles. The Bertz CT molecular complexity index is 732. The number of amides is 2. The van der Waals surface area contributed by atoms with Crippen LogP contribution < -0.4 is 5.32 Å². The van der Waals surface area contributed by atoms with Crippen molar-refractivity contribution in [3.05, 3.63) is 57.2 Å². The second kappa shape index (κ2) is 7.36. The number of carbonyl (C=O) groups excluding carboxylic acids is 2. The van der Waals surface area contributed by atoms with E-state index in [1.165, 1.54) is 11.3 Å². The van der Waals surface area contributed by atoms with Crippen molar-refractivity contribution in [1.29, 1.82) is 0 Å². The van der Waals surface area contributed by atoms with Crippen LogP contribution in [0.25, 0.3) is 0 Å². The zero-order chi connectivity index (χ0) is 17.1. The average Bonchev–Trinajstić information content (AvgIpc) is 3.25. The third kappa shape index (κ3) is 3.62. The molecule has 0 bridgehead atoms. The number of likely N-dealkylation sites (tertiary alicyclic amines) is 1. The first-order chi connectivity index (χ1) is 11.6. The lowest BCUT2D eigenvalue weighted by Gasteiger charge is -2.25. The van der Waals surface area contributed by atoms with E-state index in [1.54, 1.807) is 17.0 Å². The predicted octanol–water partition coefficient (Wildman–Crippen LogP) is 3.88. The molecule has 2 aromatic rings. The maximum absolute atomic E-state index is 12.7. The predicted molar refractivity (Wildman–Crippen MR) is 96.4 cm³/mol. The molecule has 2 heterocycles. The first kappa shape index (κ1) is 17.0. The number of halogens is 1. The summed E-state index contributed by atoms with van der Waals surface area (Å²) >= 11 is 7.42. The Balaban J connectivity index is 1.68. The molecule has 1 saturated heterocycles. The molecule has 0 saturated carbocycles. The first-order valence-corrected chi connectivity index (χ1v) is 9.22. The molecule has 1 N–H and O–H groups in total. The van der Waals surface area contributed by atoms with Crippen molar-refractivity contribution in [2.24, 2.45) is 0 Å². The molecule has 2 unspecified atom stereocenters. The summed E-state index contributed by atoms with van der Waals surface area (Å²) in [4.78, 5) is 27.6. The summed E-state index contributed by atoms with van der Waals surface area (Å²) in [5, 5.41) is 5.52. The van der Waals surface area contributed by atoms with Crippen LogP contribution in [-0.4, -0.2) is 29.3 Å². The van der Waals surface area contributed by atoms with Gasteiger partial charge in [-0.05, 0) is 48.9 Å². The van der Waals surface area contributed by atoms with Gasteiger partial charge in [-0.1, -0.05) is 29.8 Å². The number of rotatable bonds is 4. The number of nitrogens with zero attached hydrogens (tertiary/aromatic N) is 1. The summed E-state index contributed by atoms with van der Waals surface area (Å²) in [7, 11) is 0. The van der Waals surface area contributed by atoms with Crippen LogP contribution >= 0.6 is 22.9 Å². The normalized spacial score (nSPS) is 18.4. The van der Waals surface area contributed by atoms with Crippen LogP contribution in [0.15, 0.2) is 41.8 Å². The highest BCUT2D eigenvalue weighted by Crippen LogP contribution is 2.24. The van der Waals surface area contributed by atoms with Crippen LogP contribution in [0.5, 0.6) is 0 Å². The van der Waals surface area contributed by atoms with Gasteiger partial charge < -0.3 is 10.2 Å². The third-order valence-electron chi connectivity index (χ3n) is 4.26. The van der Waals surface area contributed by atoms with E-state index in [2.05, 4.69) is 5.32 Å². The van der Waals surface area contributed by atoms with Crippen molar-refractivity contribution < 1.29 is 9.59 Å². The summed E-state index contributed by atoms with van der Waals surface area (Å²) in [6, 6.07) is 10.5. The molecule has 1 aliphatic rings. The van der Waals surface area contributed by atoms with Crippen molar-refractivity contribution in [3.8, 4) is 0 Å². The maximum Gasteiger partial charge on any atom is 0.264 e. The van der Waals surface area contributed by atoms with Crippen LogP contribution in [0.4, 0.5) is 0 Å². The SMILES string of the molecule is CC(NC(=O)C1CCCN1C(=O)c1cccs1)c1cccc(Cl)c1. The molecule has 4 nitrogen and oxygen atoms in total. The lowest BCUT2D eigenvalue weighted by molar-refractivity contribution is -0.125. The Morgan fingerprint density at radius 3 is 2.88 bits per heavy atom. The smallest absolute Gasteiger partial charge is 0.264 e. The highest BCUT2D eigenvalue weighted by Gasteiger charge is 2.35. The highest BCUT2D eigenvalue weighted by molar-refractivity contribution is 7.12. The number of carbonyl (C=O) groups is 2. The molecular formula is C18H19ClN2O2S. The lowest BCUT2D eigenvalue weighted by atomic mass is 10.1.